The molecule has 2 unspecified atom stereocenters. The molecule has 1 aliphatic carbocycles. The lowest BCUT2D eigenvalue weighted by atomic mass is 10.0. The molecular weight excluding hydrogens is 298 g/mol. The summed E-state index contributed by atoms with van der Waals surface area (Å²) in [6.45, 7) is 9.19. The number of thiazole rings is 1. The van der Waals surface area contributed by atoms with E-state index in [0.717, 1.165) is 24.4 Å². The minimum absolute atomic E-state index is 0.325. The van der Waals surface area contributed by atoms with E-state index in [-0.39, 0.29) is 6.09 Å². The molecule has 1 aromatic heterocycles. The highest BCUT2D eigenvalue weighted by Gasteiger charge is 2.28. The van der Waals surface area contributed by atoms with Crippen LogP contribution in [0.25, 0.3) is 0 Å². The molecule has 6 heteroatoms. The molecule has 5 nitrogen and oxygen atoms in total. The van der Waals surface area contributed by atoms with Gasteiger partial charge >= 0.3 is 6.09 Å². The molecule has 124 valence electrons. The van der Waals surface area contributed by atoms with Gasteiger partial charge in [0.05, 0.1) is 0 Å². The number of rotatable bonds is 5. The Balaban J connectivity index is 1.74. The van der Waals surface area contributed by atoms with Crippen LogP contribution >= 0.6 is 11.3 Å². The van der Waals surface area contributed by atoms with E-state index < -0.39 is 5.60 Å². The van der Waals surface area contributed by atoms with Crippen LogP contribution in [0.3, 0.4) is 0 Å². The molecule has 1 aliphatic rings. The van der Waals surface area contributed by atoms with E-state index in [0.29, 0.717) is 18.5 Å². The Morgan fingerprint density at radius 1 is 1.45 bits per heavy atom. The number of amides is 1. The first-order valence-corrected chi connectivity index (χ1v) is 8.77. The molecule has 1 saturated carbocycles. The van der Waals surface area contributed by atoms with E-state index in [1.165, 1.54) is 11.3 Å². The highest BCUT2D eigenvalue weighted by atomic mass is 32.1. The summed E-state index contributed by atoms with van der Waals surface area (Å²) in [5.74, 6) is 0.466. The summed E-state index contributed by atoms with van der Waals surface area (Å²) in [5, 5.41) is 7.62. The SMILES string of the molecule is Cc1cnc(CNC2CCCC2CNC(=O)OC(C)(C)C)s1. The Morgan fingerprint density at radius 2 is 2.23 bits per heavy atom. The second kappa shape index (κ2) is 7.42. The molecule has 0 aromatic carbocycles. The van der Waals surface area contributed by atoms with Gasteiger partial charge in [0.2, 0.25) is 0 Å². The quantitative estimate of drug-likeness (QED) is 0.872. The van der Waals surface area contributed by atoms with Gasteiger partial charge in [-0.25, -0.2) is 9.78 Å². The molecule has 2 atom stereocenters. The van der Waals surface area contributed by atoms with Crippen LogP contribution in [0.5, 0.6) is 0 Å². The molecule has 22 heavy (non-hydrogen) atoms. The Kier molecular flexibility index (Phi) is 5.81. The molecule has 0 radical (unpaired) electrons. The Labute approximate surface area is 136 Å². The van der Waals surface area contributed by atoms with Crippen molar-refractivity contribution in [2.75, 3.05) is 6.54 Å². The van der Waals surface area contributed by atoms with Gasteiger partial charge in [0.25, 0.3) is 0 Å². The average molecular weight is 325 g/mol. The fourth-order valence-electron chi connectivity index (χ4n) is 2.78. The van der Waals surface area contributed by atoms with Crippen LogP contribution in [0.2, 0.25) is 0 Å². The van der Waals surface area contributed by atoms with Crippen LogP contribution in [-0.2, 0) is 11.3 Å². The van der Waals surface area contributed by atoms with E-state index in [9.17, 15) is 4.79 Å². The van der Waals surface area contributed by atoms with Crippen molar-refractivity contribution in [3.05, 3.63) is 16.1 Å². The summed E-state index contributed by atoms with van der Waals surface area (Å²) in [6, 6.07) is 0.444. The van der Waals surface area contributed by atoms with E-state index in [4.69, 9.17) is 4.74 Å². The van der Waals surface area contributed by atoms with Crippen molar-refractivity contribution in [2.24, 2.45) is 5.92 Å². The van der Waals surface area contributed by atoms with Gasteiger partial charge in [0, 0.05) is 30.2 Å². The van der Waals surface area contributed by atoms with Crippen molar-refractivity contribution in [1.29, 1.82) is 0 Å². The number of hydrogen-bond donors (Lipinski definition) is 2. The lowest BCUT2D eigenvalue weighted by Crippen LogP contribution is -2.40. The van der Waals surface area contributed by atoms with Gasteiger partial charge in [-0.15, -0.1) is 11.3 Å². The van der Waals surface area contributed by atoms with E-state index >= 15 is 0 Å². The number of nitrogens with zero attached hydrogens (tertiary/aromatic N) is 1. The monoisotopic (exact) mass is 325 g/mol. The number of aromatic nitrogens is 1. The maximum Gasteiger partial charge on any atom is 0.407 e. The Hall–Kier alpha value is -1.14. The zero-order chi connectivity index (χ0) is 16.2. The van der Waals surface area contributed by atoms with E-state index in [2.05, 4.69) is 22.5 Å². The van der Waals surface area contributed by atoms with Crippen molar-refractivity contribution >= 4 is 17.4 Å². The summed E-state index contributed by atoms with van der Waals surface area (Å²) < 4.78 is 5.29. The molecule has 2 N–H and O–H groups in total. The molecule has 1 fully saturated rings. The van der Waals surface area contributed by atoms with Crippen LogP contribution in [0, 0.1) is 12.8 Å². The third kappa shape index (κ3) is 5.57. The predicted molar refractivity (Wildman–Crippen MR) is 89.1 cm³/mol. The van der Waals surface area contributed by atoms with Crippen molar-refractivity contribution in [3.8, 4) is 0 Å². The number of nitrogens with one attached hydrogen (secondary N) is 2. The molecular formula is C16H27N3O2S. The summed E-state index contributed by atoms with van der Waals surface area (Å²) in [7, 11) is 0. The summed E-state index contributed by atoms with van der Waals surface area (Å²) in [5.41, 5.74) is -0.444. The third-order valence-electron chi connectivity index (χ3n) is 3.75. The number of carbonyl (C=O) groups is 1. The lowest BCUT2D eigenvalue weighted by molar-refractivity contribution is 0.0517. The predicted octanol–water partition coefficient (Wildman–Crippen LogP) is 3.23. The first kappa shape index (κ1) is 17.2. The minimum Gasteiger partial charge on any atom is -0.444 e. The summed E-state index contributed by atoms with van der Waals surface area (Å²) in [4.78, 5) is 17.4. The summed E-state index contributed by atoms with van der Waals surface area (Å²) in [6.07, 6.45) is 5.09. The van der Waals surface area contributed by atoms with Gasteiger partial charge < -0.3 is 15.4 Å². The summed E-state index contributed by atoms with van der Waals surface area (Å²) >= 11 is 1.73. The van der Waals surface area contributed by atoms with Crippen molar-refractivity contribution in [3.63, 3.8) is 0 Å². The molecule has 1 aromatic rings. The largest absolute Gasteiger partial charge is 0.444 e. The maximum absolute atomic E-state index is 11.7. The molecule has 2 rings (SSSR count). The Morgan fingerprint density at radius 3 is 2.86 bits per heavy atom. The van der Waals surface area contributed by atoms with Gasteiger partial charge in [-0.05, 0) is 46.5 Å². The van der Waals surface area contributed by atoms with Crippen LogP contribution in [0.15, 0.2) is 6.20 Å². The normalized spacial score (nSPS) is 21.8. The number of ether oxygens (including phenoxy) is 1. The topological polar surface area (TPSA) is 63.2 Å². The van der Waals surface area contributed by atoms with Gasteiger partial charge in [0.1, 0.15) is 10.6 Å². The van der Waals surface area contributed by atoms with Crippen LogP contribution < -0.4 is 10.6 Å². The van der Waals surface area contributed by atoms with Gasteiger partial charge in [-0.2, -0.15) is 0 Å². The highest BCUT2D eigenvalue weighted by Crippen LogP contribution is 2.25. The third-order valence-corrected chi connectivity index (χ3v) is 4.66. The second-order valence-electron chi connectivity index (χ2n) is 6.93. The zero-order valence-electron chi connectivity index (χ0n) is 13.9. The smallest absolute Gasteiger partial charge is 0.407 e. The number of carbonyl (C=O) groups excluding carboxylic acids is 1. The lowest BCUT2D eigenvalue weighted by Gasteiger charge is -2.23. The second-order valence-corrected chi connectivity index (χ2v) is 8.25. The van der Waals surface area contributed by atoms with Gasteiger partial charge in [-0.3, -0.25) is 0 Å². The zero-order valence-corrected chi connectivity index (χ0v) is 14.8. The minimum atomic E-state index is -0.444. The fourth-order valence-corrected chi connectivity index (χ4v) is 3.52. The molecule has 1 heterocycles. The Bertz CT molecular complexity index is 496. The average Bonchev–Trinajstić information content (AvgIpc) is 3.00. The first-order chi connectivity index (χ1) is 10.3. The number of aryl methyl sites for hydroxylation is 1. The van der Waals surface area contributed by atoms with E-state index in [1.807, 2.05) is 27.0 Å². The molecule has 0 bridgehead atoms. The van der Waals surface area contributed by atoms with Crippen LogP contribution in [-0.4, -0.2) is 29.3 Å². The highest BCUT2D eigenvalue weighted by molar-refractivity contribution is 7.11. The van der Waals surface area contributed by atoms with Gasteiger partial charge in [-0.1, -0.05) is 6.42 Å². The first-order valence-electron chi connectivity index (χ1n) is 7.95. The maximum atomic E-state index is 11.7. The van der Waals surface area contributed by atoms with Crippen molar-refractivity contribution in [1.82, 2.24) is 15.6 Å². The molecule has 0 aliphatic heterocycles. The number of alkyl carbamates (subject to hydrolysis) is 1. The van der Waals surface area contributed by atoms with Crippen molar-refractivity contribution < 1.29 is 9.53 Å². The van der Waals surface area contributed by atoms with Gasteiger partial charge in [0.15, 0.2) is 0 Å². The molecule has 0 spiro atoms. The van der Waals surface area contributed by atoms with Crippen LogP contribution in [0.1, 0.15) is 49.9 Å². The molecule has 1 amide bonds. The fraction of sp³-hybridized carbons (Fsp3) is 0.750. The standard InChI is InChI=1S/C16H27N3O2S/c1-11-8-18-14(22-11)10-17-13-7-5-6-12(13)9-19-15(20)21-16(2,3)4/h8,12-13,17H,5-7,9-10H2,1-4H3,(H,19,20). The van der Waals surface area contributed by atoms with Crippen LogP contribution in [0.4, 0.5) is 4.79 Å². The van der Waals surface area contributed by atoms with Crippen molar-refractivity contribution in [2.45, 2.75) is 65.1 Å². The molecule has 0 saturated heterocycles. The van der Waals surface area contributed by atoms with E-state index in [1.54, 1.807) is 11.3 Å². The number of hydrogen-bond acceptors (Lipinski definition) is 5.